The molecular formula is C16H15O2. The summed E-state index contributed by atoms with van der Waals surface area (Å²) in [5, 5.41) is 9.96. The van der Waals surface area contributed by atoms with Crippen molar-refractivity contribution < 1.29 is 9.84 Å². The third-order valence-electron chi connectivity index (χ3n) is 3.64. The quantitative estimate of drug-likeness (QED) is 0.871. The van der Waals surface area contributed by atoms with Crippen LogP contribution in [-0.4, -0.2) is 12.2 Å². The van der Waals surface area contributed by atoms with E-state index in [1.54, 1.807) is 19.2 Å². The van der Waals surface area contributed by atoms with Crippen LogP contribution >= 0.6 is 0 Å². The van der Waals surface area contributed by atoms with E-state index in [4.69, 9.17) is 4.74 Å². The van der Waals surface area contributed by atoms with Crippen LogP contribution in [0, 0.1) is 6.07 Å². The number of hydrogen-bond acceptors (Lipinski definition) is 2. The fraction of sp³-hybridized carbons (Fsp3) is 0.250. The van der Waals surface area contributed by atoms with Crippen LogP contribution in [0.2, 0.25) is 0 Å². The summed E-state index contributed by atoms with van der Waals surface area (Å²) in [6.07, 6.45) is 2.07. The molecule has 3 rings (SSSR count). The highest BCUT2D eigenvalue weighted by molar-refractivity contribution is 5.49. The van der Waals surface area contributed by atoms with Crippen molar-refractivity contribution in [1.82, 2.24) is 0 Å². The van der Waals surface area contributed by atoms with E-state index in [1.165, 1.54) is 11.1 Å². The molecule has 0 amide bonds. The van der Waals surface area contributed by atoms with Gasteiger partial charge >= 0.3 is 0 Å². The second-order valence-electron chi connectivity index (χ2n) is 4.63. The summed E-state index contributed by atoms with van der Waals surface area (Å²) in [5.74, 6) is 1.44. The van der Waals surface area contributed by atoms with Crippen LogP contribution in [0.1, 0.15) is 29.0 Å². The largest absolute Gasteiger partial charge is 0.508 e. The molecule has 1 atom stereocenters. The van der Waals surface area contributed by atoms with Gasteiger partial charge in [0.2, 0.25) is 0 Å². The van der Waals surface area contributed by atoms with Gasteiger partial charge in [0.15, 0.2) is 0 Å². The molecular weight excluding hydrogens is 224 g/mol. The van der Waals surface area contributed by atoms with Crippen LogP contribution < -0.4 is 4.74 Å². The molecule has 0 fully saturated rings. The van der Waals surface area contributed by atoms with Crippen molar-refractivity contribution >= 4 is 0 Å². The highest BCUT2D eigenvalue weighted by atomic mass is 16.5. The Labute approximate surface area is 107 Å². The number of benzene rings is 2. The molecule has 2 aromatic rings. The van der Waals surface area contributed by atoms with E-state index < -0.39 is 0 Å². The third-order valence-corrected chi connectivity index (χ3v) is 3.64. The van der Waals surface area contributed by atoms with Gasteiger partial charge in [-0.1, -0.05) is 18.2 Å². The molecule has 1 radical (unpaired) electrons. The van der Waals surface area contributed by atoms with Gasteiger partial charge in [-0.05, 0) is 48.2 Å². The minimum atomic E-state index is 0.233. The van der Waals surface area contributed by atoms with E-state index in [1.807, 2.05) is 12.1 Å². The Morgan fingerprint density at radius 1 is 1.33 bits per heavy atom. The molecule has 1 unspecified atom stereocenters. The standard InChI is InChI=1S/C16H15O2/c1-18-12-8-6-11-7-9-13(15(11)10-12)14-4-2-3-5-16(14)17/h2-3,5-6,8,10,13,17H,7,9H2,1H3. The van der Waals surface area contributed by atoms with Crippen LogP contribution in [0.25, 0.3) is 0 Å². The number of phenols is 1. The van der Waals surface area contributed by atoms with E-state index in [9.17, 15) is 5.11 Å². The van der Waals surface area contributed by atoms with Gasteiger partial charge in [-0.3, -0.25) is 0 Å². The van der Waals surface area contributed by atoms with Gasteiger partial charge in [0, 0.05) is 11.5 Å². The first kappa shape index (κ1) is 11.1. The first-order valence-corrected chi connectivity index (χ1v) is 6.16. The molecule has 2 aromatic carbocycles. The van der Waals surface area contributed by atoms with Crippen LogP contribution in [0.5, 0.6) is 11.5 Å². The Morgan fingerprint density at radius 3 is 3.00 bits per heavy atom. The molecule has 2 nitrogen and oxygen atoms in total. The Hall–Kier alpha value is -1.96. The van der Waals surface area contributed by atoms with Gasteiger partial charge in [-0.25, -0.2) is 0 Å². The van der Waals surface area contributed by atoms with Gasteiger partial charge in [-0.15, -0.1) is 0 Å². The Balaban J connectivity index is 2.06. The lowest BCUT2D eigenvalue weighted by Crippen LogP contribution is -1.97. The number of aryl methyl sites for hydroxylation is 1. The van der Waals surface area contributed by atoms with Crippen LogP contribution in [-0.2, 0) is 6.42 Å². The molecule has 0 saturated heterocycles. The van der Waals surface area contributed by atoms with Gasteiger partial charge in [0.25, 0.3) is 0 Å². The van der Waals surface area contributed by atoms with Crippen molar-refractivity contribution in [3.05, 3.63) is 59.2 Å². The Morgan fingerprint density at radius 2 is 2.22 bits per heavy atom. The smallest absolute Gasteiger partial charge is 0.120 e. The molecule has 18 heavy (non-hydrogen) atoms. The van der Waals surface area contributed by atoms with Crippen molar-refractivity contribution in [3.8, 4) is 11.5 Å². The average Bonchev–Trinajstić information content (AvgIpc) is 2.82. The monoisotopic (exact) mass is 239 g/mol. The van der Waals surface area contributed by atoms with Crippen molar-refractivity contribution in [3.63, 3.8) is 0 Å². The number of aromatic hydroxyl groups is 1. The maximum atomic E-state index is 9.96. The zero-order valence-corrected chi connectivity index (χ0v) is 10.3. The minimum Gasteiger partial charge on any atom is -0.508 e. The molecule has 0 bridgehead atoms. The van der Waals surface area contributed by atoms with E-state index in [0.29, 0.717) is 5.75 Å². The van der Waals surface area contributed by atoms with Crippen LogP contribution in [0.4, 0.5) is 0 Å². The number of hydrogen-bond donors (Lipinski definition) is 1. The maximum Gasteiger partial charge on any atom is 0.120 e. The lowest BCUT2D eigenvalue weighted by atomic mass is 9.92. The average molecular weight is 239 g/mol. The lowest BCUT2D eigenvalue weighted by Gasteiger charge is -2.14. The van der Waals surface area contributed by atoms with Crippen molar-refractivity contribution in [1.29, 1.82) is 0 Å². The van der Waals surface area contributed by atoms with Gasteiger partial charge in [-0.2, -0.15) is 0 Å². The van der Waals surface area contributed by atoms with E-state index >= 15 is 0 Å². The van der Waals surface area contributed by atoms with Crippen molar-refractivity contribution in [2.45, 2.75) is 18.8 Å². The Kier molecular flexibility index (Phi) is 2.71. The normalized spacial score (nSPS) is 17.5. The highest BCUT2D eigenvalue weighted by Crippen LogP contribution is 2.42. The molecule has 0 heterocycles. The Bertz CT molecular complexity index is 575. The zero-order valence-electron chi connectivity index (χ0n) is 10.3. The second-order valence-corrected chi connectivity index (χ2v) is 4.63. The van der Waals surface area contributed by atoms with Crippen LogP contribution in [0.15, 0.2) is 36.4 Å². The summed E-state index contributed by atoms with van der Waals surface area (Å²) in [4.78, 5) is 0. The molecule has 1 aliphatic carbocycles. The predicted octanol–water partition coefficient (Wildman–Crippen LogP) is 3.28. The minimum absolute atomic E-state index is 0.233. The van der Waals surface area contributed by atoms with E-state index in [-0.39, 0.29) is 5.92 Å². The summed E-state index contributed by atoms with van der Waals surface area (Å²) >= 11 is 0. The molecule has 0 aromatic heterocycles. The predicted molar refractivity (Wildman–Crippen MR) is 70.1 cm³/mol. The summed E-state index contributed by atoms with van der Waals surface area (Å²) in [6, 6.07) is 14.7. The van der Waals surface area contributed by atoms with Crippen LogP contribution in [0.3, 0.4) is 0 Å². The molecule has 0 aliphatic heterocycles. The molecule has 2 heteroatoms. The summed E-state index contributed by atoms with van der Waals surface area (Å²) in [7, 11) is 1.68. The molecule has 1 aliphatic rings. The van der Waals surface area contributed by atoms with E-state index in [2.05, 4.69) is 18.2 Å². The number of ether oxygens (including phenoxy) is 1. The number of methoxy groups -OCH3 is 1. The fourth-order valence-electron chi connectivity index (χ4n) is 2.73. The molecule has 91 valence electrons. The molecule has 1 N–H and O–H groups in total. The summed E-state index contributed by atoms with van der Waals surface area (Å²) < 4.78 is 5.28. The lowest BCUT2D eigenvalue weighted by molar-refractivity contribution is 0.414. The third kappa shape index (κ3) is 1.74. The first-order chi connectivity index (χ1) is 8.79. The van der Waals surface area contributed by atoms with Gasteiger partial charge in [0.1, 0.15) is 11.5 Å². The SMILES string of the molecule is COc1ccc2c(c1)C(c1[c]cccc1O)CC2. The first-order valence-electron chi connectivity index (χ1n) is 6.16. The number of fused-ring (bicyclic) bond motifs is 1. The molecule has 0 spiro atoms. The number of phenolic OH excluding ortho intramolecular Hbond substituents is 1. The van der Waals surface area contributed by atoms with Crippen molar-refractivity contribution in [2.24, 2.45) is 0 Å². The fourth-order valence-corrected chi connectivity index (χ4v) is 2.73. The number of rotatable bonds is 2. The zero-order chi connectivity index (χ0) is 12.5. The van der Waals surface area contributed by atoms with Gasteiger partial charge < -0.3 is 9.84 Å². The maximum absolute atomic E-state index is 9.96. The van der Waals surface area contributed by atoms with E-state index in [0.717, 1.165) is 24.2 Å². The topological polar surface area (TPSA) is 29.5 Å². The van der Waals surface area contributed by atoms with Crippen molar-refractivity contribution in [2.75, 3.05) is 7.11 Å². The second kappa shape index (κ2) is 4.37. The summed E-state index contributed by atoms with van der Waals surface area (Å²) in [6.45, 7) is 0. The molecule has 0 saturated carbocycles. The van der Waals surface area contributed by atoms with Gasteiger partial charge in [0.05, 0.1) is 7.11 Å². The highest BCUT2D eigenvalue weighted by Gasteiger charge is 2.26. The summed E-state index contributed by atoms with van der Waals surface area (Å²) in [5.41, 5.74) is 3.49.